The molecule has 28 heavy (non-hydrogen) atoms. The number of hydrogen-bond acceptors (Lipinski definition) is 5. The Kier molecular flexibility index (Phi) is 7.39. The molecule has 2 N–H and O–H groups in total. The normalized spacial score (nSPS) is 24.6. The van der Waals surface area contributed by atoms with Crippen molar-refractivity contribution in [3.05, 3.63) is 17.7 Å². The summed E-state index contributed by atoms with van der Waals surface area (Å²) in [6.07, 6.45) is 4.18. The molecule has 0 bridgehead atoms. The summed E-state index contributed by atoms with van der Waals surface area (Å²) in [5.74, 6) is 2.28. The van der Waals surface area contributed by atoms with Crippen LogP contribution in [0, 0.1) is 5.92 Å². The lowest BCUT2D eigenvalue weighted by Crippen LogP contribution is -3.11. The second kappa shape index (κ2) is 9.98. The predicted molar refractivity (Wildman–Crippen MR) is 105 cm³/mol. The van der Waals surface area contributed by atoms with Crippen LogP contribution in [0.25, 0.3) is 0 Å². The number of carbonyl (C=O) groups excluding carboxylic acids is 1. The van der Waals surface area contributed by atoms with Gasteiger partial charge in [0.25, 0.3) is 0 Å². The van der Waals surface area contributed by atoms with E-state index in [1.54, 1.807) is 21.3 Å². The SMILES string of the molecule is COc1cc(C[NH+]2CCC(C(=O)NC[C@@H]3CCCO3)CC2)cc(OC)c1OC. The van der Waals surface area contributed by atoms with Gasteiger partial charge in [0.1, 0.15) is 6.54 Å². The average Bonchev–Trinajstić information content (AvgIpc) is 3.25. The summed E-state index contributed by atoms with van der Waals surface area (Å²) in [5.41, 5.74) is 1.14. The van der Waals surface area contributed by atoms with E-state index in [4.69, 9.17) is 18.9 Å². The third-order valence-corrected chi connectivity index (χ3v) is 5.77. The fraction of sp³-hybridized carbons (Fsp3) is 0.667. The largest absolute Gasteiger partial charge is 0.493 e. The van der Waals surface area contributed by atoms with E-state index in [1.165, 1.54) is 4.90 Å². The maximum Gasteiger partial charge on any atom is 0.223 e. The maximum atomic E-state index is 12.4. The van der Waals surface area contributed by atoms with Crippen molar-refractivity contribution in [1.82, 2.24) is 5.32 Å². The zero-order valence-electron chi connectivity index (χ0n) is 17.2. The average molecular weight is 394 g/mol. The lowest BCUT2D eigenvalue weighted by Gasteiger charge is -2.29. The summed E-state index contributed by atoms with van der Waals surface area (Å²) in [7, 11) is 4.88. The highest BCUT2D eigenvalue weighted by molar-refractivity contribution is 5.78. The number of methoxy groups -OCH3 is 3. The van der Waals surface area contributed by atoms with Crippen molar-refractivity contribution in [3.63, 3.8) is 0 Å². The van der Waals surface area contributed by atoms with Gasteiger partial charge in [-0.3, -0.25) is 4.79 Å². The minimum absolute atomic E-state index is 0.116. The number of likely N-dealkylation sites (tertiary alicyclic amines) is 1. The molecule has 0 aliphatic carbocycles. The van der Waals surface area contributed by atoms with Crippen molar-refractivity contribution in [2.75, 3.05) is 47.6 Å². The molecule has 7 heteroatoms. The first kappa shape index (κ1) is 20.7. The number of piperidine rings is 1. The molecule has 2 aliphatic heterocycles. The summed E-state index contributed by atoms with van der Waals surface area (Å²) in [6.45, 7) is 4.31. The van der Waals surface area contributed by atoms with Gasteiger partial charge in [-0.15, -0.1) is 0 Å². The highest BCUT2D eigenvalue weighted by Crippen LogP contribution is 2.38. The number of rotatable bonds is 8. The number of benzene rings is 1. The Labute approximate surface area is 167 Å². The third kappa shape index (κ3) is 5.08. The van der Waals surface area contributed by atoms with E-state index in [9.17, 15) is 4.79 Å². The van der Waals surface area contributed by atoms with Crippen LogP contribution in [0.1, 0.15) is 31.2 Å². The molecule has 2 saturated heterocycles. The molecule has 3 rings (SSSR count). The topological polar surface area (TPSA) is 70.5 Å². The number of nitrogens with one attached hydrogen (secondary N) is 2. The van der Waals surface area contributed by atoms with Gasteiger partial charge in [-0.1, -0.05) is 0 Å². The van der Waals surface area contributed by atoms with Crippen molar-refractivity contribution < 1.29 is 28.6 Å². The molecule has 0 radical (unpaired) electrons. The van der Waals surface area contributed by atoms with Gasteiger partial charge in [0.2, 0.25) is 11.7 Å². The molecule has 1 aromatic rings. The third-order valence-electron chi connectivity index (χ3n) is 5.77. The Morgan fingerprint density at radius 3 is 2.32 bits per heavy atom. The van der Waals surface area contributed by atoms with E-state index >= 15 is 0 Å². The Morgan fingerprint density at radius 1 is 1.11 bits per heavy atom. The molecule has 1 amide bonds. The smallest absolute Gasteiger partial charge is 0.223 e. The molecular formula is C21H33N2O5+. The van der Waals surface area contributed by atoms with E-state index in [-0.39, 0.29) is 17.9 Å². The number of quaternary nitrogens is 1. The van der Waals surface area contributed by atoms with Gasteiger partial charge in [0.15, 0.2) is 11.5 Å². The van der Waals surface area contributed by atoms with Gasteiger partial charge in [0.05, 0.1) is 40.5 Å². The first-order valence-electron chi connectivity index (χ1n) is 10.2. The number of hydrogen-bond donors (Lipinski definition) is 2. The van der Waals surface area contributed by atoms with E-state index in [0.29, 0.717) is 23.8 Å². The summed E-state index contributed by atoms with van der Waals surface area (Å²) in [6, 6.07) is 4.02. The van der Waals surface area contributed by atoms with Crippen LogP contribution in [0.5, 0.6) is 17.2 Å². The molecule has 2 heterocycles. The van der Waals surface area contributed by atoms with Crippen LogP contribution >= 0.6 is 0 Å². The Balaban J connectivity index is 1.50. The molecule has 2 fully saturated rings. The highest BCUT2D eigenvalue weighted by Gasteiger charge is 2.28. The summed E-state index contributed by atoms with van der Waals surface area (Å²) in [5, 5.41) is 3.08. The number of ether oxygens (including phenoxy) is 4. The summed E-state index contributed by atoms with van der Waals surface area (Å²) >= 11 is 0. The zero-order chi connectivity index (χ0) is 19.9. The molecule has 0 saturated carbocycles. The van der Waals surface area contributed by atoms with Crippen LogP contribution in [0.15, 0.2) is 12.1 Å². The van der Waals surface area contributed by atoms with Crippen molar-refractivity contribution in [2.24, 2.45) is 5.92 Å². The van der Waals surface area contributed by atoms with E-state index in [2.05, 4.69) is 5.32 Å². The second-order valence-corrected chi connectivity index (χ2v) is 7.61. The van der Waals surface area contributed by atoms with Gasteiger partial charge in [0, 0.05) is 37.5 Å². The van der Waals surface area contributed by atoms with Crippen molar-refractivity contribution in [1.29, 1.82) is 0 Å². The summed E-state index contributed by atoms with van der Waals surface area (Å²) in [4.78, 5) is 13.9. The quantitative estimate of drug-likeness (QED) is 0.684. The minimum Gasteiger partial charge on any atom is -0.493 e. The Hall–Kier alpha value is -1.99. The minimum atomic E-state index is 0.116. The molecule has 7 nitrogen and oxygen atoms in total. The number of amides is 1. The number of carbonyl (C=O) groups is 1. The van der Waals surface area contributed by atoms with Crippen LogP contribution in [0.2, 0.25) is 0 Å². The molecular weight excluding hydrogens is 360 g/mol. The van der Waals surface area contributed by atoms with Crippen LogP contribution in [-0.4, -0.2) is 59.6 Å². The van der Waals surface area contributed by atoms with Crippen LogP contribution in [0.4, 0.5) is 0 Å². The highest BCUT2D eigenvalue weighted by atomic mass is 16.5. The fourth-order valence-corrected chi connectivity index (χ4v) is 4.16. The van der Waals surface area contributed by atoms with Crippen LogP contribution in [-0.2, 0) is 16.1 Å². The molecule has 0 unspecified atom stereocenters. The van der Waals surface area contributed by atoms with Gasteiger partial charge in [-0.25, -0.2) is 0 Å². The Morgan fingerprint density at radius 2 is 1.79 bits per heavy atom. The molecule has 0 aromatic heterocycles. The molecule has 1 aromatic carbocycles. The van der Waals surface area contributed by atoms with Gasteiger partial charge >= 0.3 is 0 Å². The predicted octanol–water partition coefficient (Wildman–Crippen LogP) is 0.803. The van der Waals surface area contributed by atoms with Gasteiger partial charge in [-0.05, 0) is 25.0 Å². The van der Waals surface area contributed by atoms with Gasteiger partial charge in [-0.2, -0.15) is 0 Å². The lowest BCUT2D eigenvalue weighted by atomic mass is 9.95. The van der Waals surface area contributed by atoms with E-state index in [0.717, 1.165) is 57.5 Å². The molecule has 2 aliphatic rings. The van der Waals surface area contributed by atoms with Crippen molar-refractivity contribution in [3.8, 4) is 17.2 Å². The van der Waals surface area contributed by atoms with Crippen molar-refractivity contribution >= 4 is 5.91 Å². The first-order chi connectivity index (χ1) is 13.6. The van der Waals surface area contributed by atoms with Crippen LogP contribution in [0.3, 0.4) is 0 Å². The maximum absolute atomic E-state index is 12.4. The molecule has 156 valence electrons. The first-order valence-corrected chi connectivity index (χ1v) is 10.2. The van der Waals surface area contributed by atoms with Gasteiger partial charge < -0.3 is 29.2 Å². The fourth-order valence-electron chi connectivity index (χ4n) is 4.16. The standard InChI is InChI=1S/C21H32N2O5/c1-25-18-11-15(12-19(26-2)20(18)27-3)14-23-8-6-16(7-9-23)21(24)22-13-17-5-4-10-28-17/h11-12,16-17H,4-10,13-14H2,1-3H3,(H,22,24)/p+1/t17-/m0/s1. The zero-order valence-corrected chi connectivity index (χ0v) is 17.2. The molecule has 1 atom stereocenters. The Bertz CT molecular complexity index is 627. The monoisotopic (exact) mass is 393 g/mol. The second-order valence-electron chi connectivity index (χ2n) is 7.61. The molecule has 0 spiro atoms. The lowest BCUT2D eigenvalue weighted by molar-refractivity contribution is -0.919. The summed E-state index contributed by atoms with van der Waals surface area (Å²) < 4.78 is 21.9. The van der Waals surface area contributed by atoms with Crippen LogP contribution < -0.4 is 24.4 Å². The van der Waals surface area contributed by atoms with Crippen molar-refractivity contribution in [2.45, 2.75) is 38.3 Å². The van der Waals surface area contributed by atoms with E-state index in [1.807, 2.05) is 12.1 Å². The van der Waals surface area contributed by atoms with E-state index < -0.39 is 0 Å².